The molecule has 2 amide bonds. The van der Waals surface area contributed by atoms with Crippen molar-refractivity contribution in [1.82, 2.24) is 5.32 Å². The molecule has 3 aromatic rings. The van der Waals surface area contributed by atoms with E-state index in [0.717, 1.165) is 12.7 Å². The first-order valence-electron chi connectivity index (χ1n) is 10.7. The Morgan fingerprint density at radius 3 is 2.24 bits per heavy atom. The predicted octanol–water partition coefficient (Wildman–Crippen LogP) is 5.01. The molecule has 0 spiro atoms. The van der Waals surface area contributed by atoms with Crippen LogP contribution in [0.5, 0.6) is 11.5 Å². The number of carbonyl (C=O) groups excluding carboxylic acids is 2. The summed E-state index contributed by atoms with van der Waals surface area (Å²) >= 11 is 9.52. The summed E-state index contributed by atoms with van der Waals surface area (Å²) in [7, 11) is 1.55. The number of carboxylic acids is 1. The first-order valence-corrected chi connectivity index (χ1v) is 13.2. The number of aromatic carboxylic acids is 1. The summed E-state index contributed by atoms with van der Waals surface area (Å²) in [6, 6.07) is 16.9. The van der Waals surface area contributed by atoms with Crippen LogP contribution in [0.4, 0.5) is 5.69 Å². The number of carbonyl (C=O) groups is 3. The van der Waals surface area contributed by atoms with Gasteiger partial charge >= 0.3 is 5.97 Å². The fourth-order valence-electron chi connectivity index (χ4n) is 3.49. The molecule has 8 nitrogen and oxygen atoms in total. The number of thiocarbonyl (C=S) groups is 1. The van der Waals surface area contributed by atoms with Crippen molar-refractivity contribution in [2.24, 2.45) is 0 Å². The fraction of sp³-hybridized carbons (Fsp3) is 0.0769. The summed E-state index contributed by atoms with van der Waals surface area (Å²) in [6.07, 6.45) is 1.52. The van der Waals surface area contributed by atoms with Gasteiger partial charge in [-0.25, -0.2) is 4.79 Å². The molecule has 1 saturated heterocycles. The van der Waals surface area contributed by atoms with Gasteiger partial charge in [0.25, 0.3) is 11.8 Å². The Bertz CT molecular complexity index is 1420. The maximum Gasteiger partial charge on any atom is 0.335 e. The number of ether oxygens (including phenoxy) is 2. The van der Waals surface area contributed by atoms with E-state index in [1.165, 1.54) is 23.1 Å². The van der Waals surface area contributed by atoms with E-state index < -0.39 is 17.8 Å². The van der Waals surface area contributed by atoms with Crippen LogP contribution in [0.2, 0.25) is 0 Å². The number of rotatable bonds is 7. The van der Waals surface area contributed by atoms with Crippen molar-refractivity contribution in [3.8, 4) is 11.5 Å². The second kappa shape index (κ2) is 11.6. The summed E-state index contributed by atoms with van der Waals surface area (Å²) in [5, 5.41) is 11.6. The van der Waals surface area contributed by atoms with E-state index in [9.17, 15) is 14.4 Å². The number of nitrogens with one attached hydrogen (secondary N) is 1. The van der Waals surface area contributed by atoms with Crippen LogP contribution in [0.15, 0.2) is 66.2 Å². The van der Waals surface area contributed by atoms with Crippen LogP contribution in [0.1, 0.15) is 21.5 Å². The van der Waals surface area contributed by atoms with E-state index in [1.54, 1.807) is 43.5 Å². The second-order valence-electron chi connectivity index (χ2n) is 7.76. The summed E-state index contributed by atoms with van der Waals surface area (Å²) in [4.78, 5) is 38.2. The lowest BCUT2D eigenvalue weighted by molar-refractivity contribution is -0.122. The summed E-state index contributed by atoms with van der Waals surface area (Å²) in [6.45, 7) is 0.251. The van der Waals surface area contributed by atoms with Crippen molar-refractivity contribution < 1.29 is 29.0 Å². The molecule has 188 valence electrons. The minimum absolute atomic E-state index is 0.00149. The van der Waals surface area contributed by atoms with Gasteiger partial charge < -0.3 is 14.6 Å². The molecule has 1 aliphatic rings. The number of hydrogen-bond donors (Lipinski definition) is 2. The van der Waals surface area contributed by atoms with Gasteiger partial charge in [-0.15, -0.1) is 0 Å². The van der Waals surface area contributed by atoms with Crippen LogP contribution >= 0.6 is 57.4 Å². The summed E-state index contributed by atoms with van der Waals surface area (Å²) < 4.78 is 12.7. The highest BCUT2D eigenvalue weighted by Crippen LogP contribution is 2.31. The molecule has 1 fully saturated rings. The van der Waals surface area contributed by atoms with Crippen LogP contribution in [0, 0.1) is 7.14 Å². The zero-order valence-electron chi connectivity index (χ0n) is 19.2. The molecule has 0 radical (unpaired) electrons. The number of nitrogens with zero attached hydrogens (tertiary/aromatic N) is 1. The third-order valence-electron chi connectivity index (χ3n) is 5.35. The molecule has 11 heteroatoms. The Morgan fingerprint density at radius 2 is 1.68 bits per heavy atom. The highest BCUT2D eigenvalue weighted by Gasteiger charge is 2.34. The van der Waals surface area contributed by atoms with Gasteiger partial charge in [0.2, 0.25) is 0 Å². The number of anilines is 1. The van der Waals surface area contributed by atoms with Gasteiger partial charge in [0.1, 0.15) is 23.7 Å². The van der Waals surface area contributed by atoms with Crippen molar-refractivity contribution >= 4 is 92.1 Å². The molecule has 0 bridgehead atoms. The Labute approximate surface area is 244 Å². The van der Waals surface area contributed by atoms with E-state index in [1.807, 2.05) is 12.1 Å². The van der Waals surface area contributed by atoms with Gasteiger partial charge in [-0.2, -0.15) is 0 Å². The Balaban J connectivity index is 1.56. The maximum absolute atomic E-state index is 13.3. The first-order chi connectivity index (χ1) is 17.7. The van der Waals surface area contributed by atoms with E-state index in [4.69, 9.17) is 26.8 Å². The number of benzene rings is 3. The van der Waals surface area contributed by atoms with Gasteiger partial charge in [0.15, 0.2) is 5.11 Å². The molecule has 4 rings (SSSR count). The van der Waals surface area contributed by atoms with Crippen molar-refractivity contribution in [2.75, 3.05) is 12.0 Å². The molecule has 37 heavy (non-hydrogen) atoms. The molecule has 0 aromatic heterocycles. The molecule has 3 aromatic carbocycles. The smallest absolute Gasteiger partial charge is 0.335 e. The molecule has 2 N–H and O–H groups in total. The van der Waals surface area contributed by atoms with Gasteiger partial charge in [-0.3, -0.25) is 19.8 Å². The van der Waals surface area contributed by atoms with Crippen LogP contribution in [0.3, 0.4) is 0 Å². The minimum atomic E-state index is -0.986. The number of halogens is 2. The average molecular weight is 740 g/mol. The van der Waals surface area contributed by atoms with Crippen molar-refractivity contribution in [1.29, 1.82) is 0 Å². The van der Waals surface area contributed by atoms with Gasteiger partial charge in [-0.1, -0.05) is 12.1 Å². The van der Waals surface area contributed by atoms with Crippen molar-refractivity contribution in [2.45, 2.75) is 6.61 Å². The summed E-state index contributed by atoms with van der Waals surface area (Å²) in [5.41, 5.74) is 2.13. The number of amides is 2. The Hall–Kier alpha value is -3.04. The zero-order valence-corrected chi connectivity index (χ0v) is 24.3. The molecule has 0 saturated carbocycles. The van der Waals surface area contributed by atoms with Gasteiger partial charge in [0, 0.05) is 0 Å². The number of carboxylic acid groups (broad SMARTS) is 1. The van der Waals surface area contributed by atoms with E-state index in [-0.39, 0.29) is 22.9 Å². The molecule has 0 unspecified atom stereocenters. The lowest BCUT2D eigenvalue weighted by Gasteiger charge is -2.29. The average Bonchev–Trinajstić information content (AvgIpc) is 2.86. The zero-order chi connectivity index (χ0) is 26.7. The Kier molecular flexibility index (Phi) is 8.44. The molecular weight excluding hydrogens is 722 g/mol. The monoisotopic (exact) mass is 740 g/mol. The van der Waals surface area contributed by atoms with Crippen LogP contribution < -0.4 is 19.7 Å². The van der Waals surface area contributed by atoms with Crippen molar-refractivity contribution in [3.05, 3.63) is 90.1 Å². The van der Waals surface area contributed by atoms with E-state index >= 15 is 0 Å². The minimum Gasteiger partial charge on any atom is -0.497 e. The maximum atomic E-state index is 13.3. The standard InChI is InChI=1S/C26H18I2N2O6S/c1-35-18-8-6-17(7-9-18)30-24(32)19(23(31)29-26(30)37)10-15-11-20(27)22(21(28)12-15)36-13-14-2-4-16(5-3-14)25(33)34/h2-12H,13H2,1H3,(H,33,34)(H,29,31,37)/b19-10+. The summed E-state index contributed by atoms with van der Waals surface area (Å²) in [5.74, 6) is -0.821. The number of methoxy groups -OCH3 is 1. The lowest BCUT2D eigenvalue weighted by atomic mass is 10.1. The third-order valence-corrected chi connectivity index (χ3v) is 7.24. The van der Waals surface area contributed by atoms with Gasteiger partial charge in [0.05, 0.1) is 25.5 Å². The number of hydrogen-bond acceptors (Lipinski definition) is 6. The second-order valence-corrected chi connectivity index (χ2v) is 10.5. The highest BCUT2D eigenvalue weighted by atomic mass is 127. The predicted molar refractivity (Wildman–Crippen MR) is 159 cm³/mol. The molecule has 0 atom stereocenters. The highest BCUT2D eigenvalue weighted by molar-refractivity contribution is 14.1. The normalized spacial score (nSPS) is 14.5. The topological polar surface area (TPSA) is 105 Å². The van der Waals surface area contributed by atoms with Crippen LogP contribution in [-0.2, 0) is 16.2 Å². The molecular formula is C26H18I2N2O6S. The first kappa shape index (κ1) is 27.0. The lowest BCUT2D eigenvalue weighted by Crippen LogP contribution is -2.54. The third kappa shape index (κ3) is 6.10. The fourth-order valence-corrected chi connectivity index (χ4v) is 5.90. The molecule has 1 aliphatic heterocycles. The van der Waals surface area contributed by atoms with Crippen molar-refractivity contribution in [3.63, 3.8) is 0 Å². The van der Waals surface area contributed by atoms with Crippen LogP contribution in [0.25, 0.3) is 6.08 Å². The van der Waals surface area contributed by atoms with E-state index in [2.05, 4.69) is 50.5 Å². The quantitative estimate of drug-likeness (QED) is 0.152. The molecule has 0 aliphatic carbocycles. The van der Waals surface area contributed by atoms with Crippen LogP contribution in [-0.4, -0.2) is 35.1 Å². The van der Waals surface area contributed by atoms with Gasteiger partial charge in [-0.05, 0) is 123 Å². The van der Waals surface area contributed by atoms with E-state index in [0.29, 0.717) is 22.7 Å². The largest absolute Gasteiger partial charge is 0.497 e. The Morgan fingerprint density at radius 1 is 1.05 bits per heavy atom. The SMILES string of the molecule is COc1ccc(N2C(=O)/C(=C/c3cc(I)c(OCc4ccc(C(=O)O)cc4)c(I)c3)C(=O)NC2=S)cc1. The molecule has 1 heterocycles.